The number of piperidine rings is 1. The summed E-state index contributed by atoms with van der Waals surface area (Å²) >= 11 is 0. The van der Waals surface area contributed by atoms with Gasteiger partial charge in [0.05, 0.1) is 0 Å². The average molecular weight is 379 g/mol. The first-order chi connectivity index (χ1) is 12.8. The quantitative estimate of drug-likeness (QED) is 0.695. The summed E-state index contributed by atoms with van der Waals surface area (Å²) in [5, 5.41) is 3.09. The Balaban J connectivity index is 1.99. The first kappa shape index (κ1) is 21.7. The Hall–Kier alpha value is -1.59. The Bertz CT molecular complexity index is 550. The van der Waals surface area contributed by atoms with Crippen LogP contribution in [0.1, 0.15) is 86.0 Å². The van der Waals surface area contributed by atoms with Gasteiger partial charge in [-0.3, -0.25) is 14.7 Å². The highest BCUT2D eigenvalue weighted by Gasteiger charge is 2.50. The van der Waals surface area contributed by atoms with E-state index in [0.29, 0.717) is 25.9 Å². The summed E-state index contributed by atoms with van der Waals surface area (Å²) in [5.74, 6) is 1.09. The zero-order valence-electron chi connectivity index (χ0n) is 17.9. The first-order valence-corrected chi connectivity index (χ1v) is 10.8. The number of carbonyl (C=O) groups is 2. The van der Waals surface area contributed by atoms with Crippen LogP contribution >= 0.6 is 0 Å². The van der Waals surface area contributed by atoms with Gasteiger partial charge in [0, 0.05) is 31.6 Å². The number of nitrogens with one attached hydrogen (secondary N) is 1. The van der Waals surface area contributed by atoms with Gasteiger partial charge in [-0.2, -0.15) is 0 Å². The SMILES string of the molecule is CCCCC1=NC2(CCN(C(=O)NC(C)CCCC)CC2)C(=O)N1C(C)C. The fourth-order valence-electron chi connectivity index (χ4n) is 4.02. The number of aliphatic imine (C=N–C) groups is 1. The summed E-state index contributed by atoms with van der Waals surface area (Å²) in [6, 6.07) is 0.319. The van der Waals surface area contributed by atoms with E-state index in [4.69, 9.17) is 4.99 Å². The number of hydrogen-bond donors (Lipinski definition) is 1. The van der Waals surface area contributed by atoms with Gasteiger partial charge in [-0.05, 0) is 46.5 Å². The largest absolute Gasteiger partial charge is 0.336 e. The van der Waals surface area contributed by atoms with Gasteiger partial charge in [-0.1, -0.05) is 33.1 Å². The number of unbranched alkanes of at least 4 members (excludes halogenated alkanes) is 2. The third-order valence-corrected chi connectivity index (χ3v) is 5.75. The molecule has 6 nitrogen and oxygen atoms in total. The topological polar surface area (TPSA) is 65.0 Å². The summed E-state index contributed by atoms with van der Waals surface area (Å²) in [7, 11) is 0. The molecular weight excluding hydrogens is 340 g/mol. The Kier molecular flexibility index (Phi) is 7.68. The number of nitrogens with zero attached hydrogens (tertiary/aromatic N) is 3. The normalized spacial score (nSPS) is 20.4. The van der Waals surface area contributed by atoms with Crippen molar-refractivity contribution in [3.8, 4) is 0 Å². The number of amidine groups is 1. The molecule has 0 radical (unpaired) electrons. The minimum Gasteiger partial charge on any atom is -0.336 e. The molecule has 0 bridgehead atoms. The van der Waals surface area contributed by atoms with E-state index in [9.17, 15) is 9.59 Å². The molecule has 0 aromatic carbocycles. The second-order valence-corrected chi connectivity index (χ2v) is 8.41. The number of rotatable bonds is 8. The third kappa shape index (κ3) is 5.02. The van der Waals surface area contributed by atoms with Crippen molar-refractivity contribution in [2.45, 2.75) is 104 Å². The molecule has 154 valence electrons. The fraction of sp³-hybridized carbons (Fsp3) is 0.857. The Morgan fingerprint density at radius 2 is 1.78 bits per heavy atom. The molecule has 1 fully saturated rings. The molecule has 0 saturated carbocycles. The molecule has 2 rings (SSSR count). The number of amides is 3. The Morgan fingerprint density at radius 3 is 2.33 bits per heavy atom. The molecule has 2 heterocycles. The Labute approximate surface area is 164 Å². The first-order valence-electron chi connectivity index (χ1n) is 10.8. The number of carbonyl (C=O) groups excluding carboxylic acids is 2. The van der Waals surface area contributed by atoms with Gasteiger partial charge in [-0.25, -0.2) is 4.79 Å². The lowest BCUT2D eigenvalue weighted by Crippen LogP contribution is -2.54. The summed E-state index contributed by atoms with van der Waals surface area (Å²) in [5.41, 5.74) is -0.641. The van der Waals surface area contributed by atoms with Gasteiger partial charge in [-0.15, -0.1) is 0 Å². The molecule has 1 spiro atoms. The highest BCUT2D eigenvalue weighted by atomic mass is 16.2. The predicted octanol–water partition coefficient (Wildman–Crippen LogP) is 3.95. The van der Waals surface area contributed by atoms with Crippen molar-refractivity contribution >= 4 is 17.8 Å². The van der Waals surface area contributed by atoms with Crippen molar-refractivity contribution in [1.29, 1.82) is 0 Å². The number of hydrogen-bond acceptors (Lipinski definition) is 3. The molecule has 0 aliphatic carbocycles. The van der Waals surface area contributed by atoms with E-state index in [0.717, 1.165) is 44.4 Å². The molecule has 2 aliphatic rings. The average Bonchev–Trinajstić information content (AvgIpc) is 2.90. The summed E-state index contributed by atoms with van der Waals surface area (Å²) in [6.07, 6.45) is 7.53. The lowest BCUT2D eigenvalue weighted by Gasteiger charge is -2.37. The van der Waals surface area contributed by atoms with E-state index in [2.05, 4.69) is 39.9 Å². The second kappa shape index (κ2) is 9.56. The molecule has 0 aromatic rings. The van der Waals surface area contributed by atoms with Gasteiger partial charge in [0.25, 0.3) is 5.91 Å². The molecule has 6 heteroatoms. The van der Waals surface area contributed by atoms with Crippen LogP contribution in [0.15, 0.2) is 4.99 Å². The minimum atomic E-state index is -0.641. The molecule has 1 N–H and O–H groups in total. The van der Waals surface area contributed by atoms with Crippen LogP contribution < -0.4 is 5.32 Å². The van der Waals surface area contributed by atoms with Crippen LogP contribution in [0.25, 0.3) is 0 Å². The minimum absolute atomic E-state index is 0.00481. The van der Waals surface area contributed by atoms with Crippen LogP contribution in [-0.4, -0.2) is 58.3 Å². The molecule has 1 atom stereocenters. The van der Waals surface area contributed by atoms with Crippen molar-refractivity contribution < 1.29 is 9.59 Å². The van der Waals surface area contributed by atoms with Gasteiger partial charge in [0.15, 0.2) is 0 Å². The molecule has 1 unspecified atom stereocenters. The highest BCUT2D eigenvalue weighted by Crippen LogP contribution is 2.35. The fourth-order valence-corrected chi connectivity index (χ4v) is 4.02. The number of urea groups is 1. The number of likely N-dealkylation sites (tertiary alicyclic amines) is 1. The highest BCUT2D eigenvalue weighted by molar-refractivity contribution is 6.08. The van der Waals surface area contributed by atoms with Crippen LogP contribution in [0.2, 0.25) is 0 Å². The standard InChI is InChI=1S/C21H38N4O2/c1-6-8-10-17(5)22-20(27)24-14-12-21(13-15-24)19(26)25(16(3)4)18(23-21)11-9-7-2/h16-17H,6-15H2,1-5H3,(H,22,27). The molecular formula is C21H38N4O2. The maximum Gasteiger partial charge on any atom is 0.317 e. The van der Waals surface area contributed by atoms with Crippen LogP contribution in [0.5, 0.6) is 0 Å². The van der Waals surface area contributed by atoms with E-state index < -0.39 is 5.54 Å². The maximum absolute atomic E-state index is 13.2. The van der Waals surface area contributed by atoms with E-state index in [1.807, 2.05) is 9.80 Å². The molecule has 1 saturated heterocycles. The van der Waals surface area contributed by atoms with Crippen molar-refractivity contribution in [3.05, 3.63) is 0 Å². The van der Waals surface area contributed by atoms with Crippen LogP contribution in [0, 0.1) is 0 Å². The lowest BCUT2D eigenvalue weighted by molar-refractivity contribution is -0.133. The summed E-state index contributed by atoms with van der Waals surface area (Å²) in [6.45, 7) is 11.7. The van der Waals surface area contributed by atoms with Crippen molar-refractivity contribution in [3.63, 3.8) is 0 Å². The summed E-state index contributed by atoms with van der Waals surface area (Å²) in [4.78, 5) is 34.4. The molecule has 2 aliphatic heterocycles. The van der Waals surface area contributed by atoms with Crippen LogP contribution in [-0.2, 0) is 4.79 Å². The molecule has 27 heavy (non-hydrogen) atoms. The van der Waals surface area contributed by atoms with E-state index in [1.54, 1.807) is 0 Å². The zero-order valence-corrected chi connectivity index (χ0v) is 17.9. The Morgan fingerprint density at radius 1 is 1.15 bits per heavy atom. The van der Waals surface area contributed by atoms with Crippen molar-refractivity contribution in [2.75, 3.05) is 13.1 Å². The van der Waals surface area contributed by atoms with Crippen LogP contribution in [0.4, 0.5) is 4.79 Å². The lowest BCUT2D eigenvalue weighted by atomic mass is 9.87. The third-order valence-electron chi connectivity index (χ3n) is 5.75. The van der Waals surface area contributed by atoms with E-state index in [1.165, 1.54) is 0 Å². The predicted molar refractivity (Wildman–Crippen MR) is 110 cm³/mol. The molecule has 0 aromatic heterocycles. The zero-order chi connectivity index (χ0) is 20.0. The van der Waals surface area contributed by atoms with Gasteiger partial charge >= 0.3 is 6.03 Å². The van der Waals surface area contributed by atoms with Gasteiger partial charge < -0.3 is 10.2 Å². The summed E-state index contributed by atoms with van der Waals surface area (Å²) < 4.78 is 0. The smallest absolute Gasteiger partial charge is 0.317 e. The van der Waals surface area contributed by atoms with Gasteiger partial charge in [0.1, 0.15) is 11.4 Å². The monoisotopic (exact) mass is 378 g/mol. The van der Waals surface area contributed by atoms with Crippen molar-refractivity contribution in [2.24, 2.45) is 4.99 Å². The van der Waals surface area contributed by atoms with Crippen LogP contribution in [0.3, 0.4) is 0 Å². The second-order valence-electron chi connectivity index (χ2n) is 8.41. The van der Waals surface area contributed by atoms with Crippen molar-refractivity contribution in [1.82, 2.24) is 15.1 Å². The van der Waals surface area contributed by atoms with E-state index in [-0.39, 0.29) is 24.0 Å². The molecule has 3 amide bonds. The van der Waals surface area contributed by atoms with E-state index >= 15 is 0 Å². The maximum atomic E-state index is 13.2. The van der Waals surface area contributed by atoms with Gasteiger partial charge in [0.2, 0.25) is 0 Å².